The molecule has 0 spiro atoms. The van der Waals surface area contributed by atoms with Gasteiger partial charge in [0.25, 0.3) is 0 Å². The summed E-state index contributed by atoms with van der Waals surface area (Å²) in [5.74, 6) is 0. The summed E-state index contributed by atoms with van der Waals surface area (Å²) in [5, 5.41) is 8.04. The van der Waals surface area contributed by atoms with Crippen molar-refractivity contribution in [3.8, 4) is 10.8 Å². The molecule has 0 N–H and O–H groups in total. The Bertz CT molecular complexity index is 2690. The third-order valence-electron chi connectivity index (χ3n) is 8.56. The molecule has 196 valence electrons. The van der Waals surface area contributed by atoms with E-state index in [-0.39, 0.29) is 0 Å². The molecular weight excluding hydrogens is 534 g/mol. The van der Waals surface area contributed by atoms with Gasteiger partial charge in [-0.2, -0.15) is 0 Å². The number of hydrogen-bond donors (Lipinski definition) is 0. The monoisotopic (exact) mass is 555 g/mol. The van der Waals surface area contributed by atoms with Crippen LogP contribution in [0.5, 0.6) is 0 Å². The summed E-state index contributed by atoms with van der Waals surface area (Å²) in [7, 11) is 0. The van der Waals surface area contributed by atoms with E-state index in [2.05, 4.69) is 124 Å². The summed E-state index contributed by atoms with van der Waals surface area (Å²) in [4.78, 5) is 5.38. The Morgan fingerprint density at radius 3 is 1.88 bits per heavy atom. The van der Waals surface area contributed by atoms with Gasteiger partial charge in [0, 0.05) is 32.6 Å². The van der Waals surface area contributed by atoms with Crippen molar-refractivity contribution in [1.29, 1.82) is 0 Å². The predicted molar refractivity (Wildman–Crippen MR) is 176 cm³/mol. The van der Waals surface area contributed by atoms with Crippen LogP contribution in [-0.4, -0.2) is 14.1 Å². The maximum atomic E-state index is 6.21. The van der Waals surface area contributed by atoms with Crippen molar-refractivity contribution in [2.45, 2.75) is 0 Å². The van der Waals surface area contributed by atoms with Gasteiger partial charge in [-0.25, -0.2) is 4.98 Å². The number of thiazole rings is 1. The number of furan rings is 1. The van der Waals surface area contributed by atoms with E-state index in [1.165, 1.54) is 38.1 Å². The summed E-state index contributed by atoms with van der Waals surface area (Å²) in [6, 6.07) is 45.1. The average molecular weight is 556 g/mol. The maximum Gasteiger partial charge on any atom is 0.195 e. The Hall–Kier alpha value is -5.39. The number of rotatable bonds is 2. The zero-order chi connectivity index (χ0) is 27.4. The van der Waals surface area contributed by atoms with Crippen molar-refractivity contribution in [3.63, 3.8) is 0 Å². The van der Waals surface area contributed by atoms with Gasteiger partial charge in [0.2, 0.25) is 0 Å². The molecule has 4 heterocycles. The lowest BCUT2D eigenvalue weighted by Crippen LogP contribution is -1.98. The fraction of sp³-hybridized carbons (Fsp3) is 0. The van der Waals surface area contributed by atoms with E-state index >= 15 is 0 Å². The van der Waals surface area contributed by atoms with Gasteiger partial charge in [-0.15, -0.1) is 0 Å². The highest BCUT2D eigenvalue weighted by Crippen LogP contribution is 2.43. The van der Waals surface area contributed by atoms with Gasteiger partial charge in [0.15, 0.2) is 5.13 Å². The fourth-order valence-electron chi connectivity index (χ4n) is 6.83. The summed E-state index contributed by atoms with van der Waals surface area (Å²) in [6.07, 6.45) is 0. The second-order valence-electron chi connectivity index (χ2n) is 10.8. The van der Waals surface area contributed by atoms with Crippen molar-refractivity contribution >= 4 is 87.1 Å². The molecular formula is C37H21N3OS. The van der Waals surface area contributed by atoms with Gasteiger partial charge in [-0.05, 0) is 42.5 Å². The summed E-state index contributed by atoms with van der Waals surface area (Å²) in [5.41, 5.74) is 8.59. The molecule has 0 radical (unpaired) electrons. The first kappa shape index (κ1) is 22.3. The van der Waals surface area contributed by atoms with Crippen LogP contribution < -0.4 is 0 Å². The first-order valence-corrected chi connectivity index (χ1v) is 14.9. The number of para-hydroxylation sites is 4. The molecule has 0 unspecified atom stereocenters. The molecule has 0 saturated carbocycles. The quantitative estimate of drug-likeness (QED) is 0.213. The molecule has 0 fully saturated rings. The van der Waals surface area contributed by atoms with E-state index in [0.717, 1.165) is 48.5 Å². The molecule has 42 heavy (non-hydrogen) atoms. The topological polar surface area (TPSA) is 35.9 Å². The molecule has 0 aliphatic carbocycles. The summed E-state index contributed by atoms with van der Waals surface area (Å²) >= 11 is 1.73. The van der Waals surface area contributed by atoms with Crippen LogP contribution in [0.25, 0.3) is 86.6 Å². The van der Waals surface area contributed by atoms with Gasteiger partial charge in [0.1, 0.15) is 11.2 Å². The molecule has 0 aliphatic heterocycles. The fourth-order valence-corrected chi connectivity index (χ4v) is 7.82. The normalized spacial score (nSPS) is 12.3. The van der Waals surface area contributed by atoms with Crippen LogP contribution in [0.15, 0.2) is 132 Å². The lowest BCUT2D eigenvalue weighted by atomic mass is 10.1. The van der Waals surface area contributed by atoms with Crippen LogP contribution in [0.1, 0.15) is 0 Å². The third kappa shape index (κ3) is 2.83. The van der Waals surface area contributed by atoms with Gasteiger partial charge < -0.3 is 8.98 Å². The molecule has 0 bridgehead atoms. The lowest BCUT2D eigenvalue weighted by molar-refractivity contribution is 0.669. The number of fused-ring (bicyclic) bond motifs is 12. The smallest absolute Gasteiger partial charge is 0.195 e. The molecule has 6 aromatic carbocycles. The van der Waals surface area contributed by atoms with Crippen molar-refractivity contribution < 1.29 is 4.42 Å². The van der Waals surface area contributed by atoms with Gasteiger partial charge >= 0.3 is 0 Å². The molecule has 0 amide bonds. The Kier molecular flexibility index (Phi) is 4.30. The van der Waals surface area contributed by atoms with E-state index in [1.807, 2.05) is 12.1 Å². The van der Waals surface area contributed by atoms with Crippen LogP contribution >= 0.6 is 11.3 Å². The largest absolute Gasteiger partial charge is 0.456 e. The van der Waals surface area contributed by atoms with Crippen LogP contribution in [0.3, 0.4) is 0 Å². The predicted octanol–water partition coefficient (Wildman–Crippen LogP) is 10.4. The van der Waals surface area contributed by atoms with Gasteiger partial charge in [-0.1, -0.05) is 96.3 Å². The highest BCUT2D eigenvalue weighted by molar-refractivity contribution is 7.21. The molecule has 4 nitrogen and oxygen atoms in total. The molecule has 4 aromatic heterocycles. The first-order valence-electron chi connectivity index (χ1n) is 14.1. The average Bonchev–Trinajstić information content (AvgIpc) is 3.79. The Morgan fingerprint density at radius 2 is 1.12 bits per heavy atom. The van der Waals surface area contributed by atoms with Crippen molar-refractivity contribution in [3.05, 3.63) is 127 Å². The minimum absolute atomic E-state index is 0.870. The molecule has 0 atom stereocenters. The van der Waals surface area contributed by atoms with Gasteiger partial charge in [0.05, 0.1) is 37.7 Å². The van der Waals surface area contributed by atoms with E-state index < -0.39 is 0 Å². The van der Waals surface area contributed by atoms with E-state index in [0.29, 0.717) is 0 Å². The van der Waals surface area contributed by atoms with E-state index in [1.54, 1.807) is 11.3 Å². The molecule has 10 rings (SSSR count). The lowest BCUT2D eigenvalue weighted by Gasteiger charge is -2.10. The van der Waals surface area contributed by atoms with Crippen LogP contribution in [0.2, 0.25) is 0 Å². The molecule has 0 saturated heterocycles. The minimum Gasteiger partial charge on any atom is -0.456 e. The van der Waals surface area contributed by atoms with Gasteiger partial charge in [-0.3, -0.25) is 4.57 Å². The van der Waals surface area contributed by atoms with Crippen LogP contribution in [0, 0.1) is 0 Å². The van der Waals surface area contributed by atoms with Crippen molar-refractivity contribution in [1.82, 2.24) is 14.1 Å². The number of hydrogen-bond acceptors (Lipinski definition) is 3. The number of benzene rings is 6. The molecule has 5 heteroatoms. The highest BCUT2D eigenvalue weighted by Gasteiger charge is 2.23. The number of nitrogens with zero attached hydrogens (tertiary/aromatic N) is 3. The second-order valence-corrected chi connectivity index (χ2v) is 11.8. The third-order valence-corrected chi connectivity index (χ3v) is 9.57. The Balaban J connectivity index is 1.42. The SMILES string of the molecule is c1ccc(-n2c3ccccc3c3ccc4c5ccccc5n(-c5nc6c(ccc7oc8ccccc8c76)s5)c4c32)cc1. The van der Waals surface area contributed by atoms with E-state index in [9.17, 15) is 0 Å². The minimum atomic E-state index is 0.870. The van der Waals surface area contributed by atoms with Crippen LogP contribution in [0.4, 0.5) is 0 Å². The molecule has 10 aromatic rings. The zero-order valence-corrected chi connectivity index (χ0v) is 23.1. The zero-order valence-electron chi connectivity index (χ0n) is 22.3. The first-order chi connectivity index (χ1) is 20.8. The summed E-state index contributed by atoms with van der Waals surface area (Å²) in [6.45, 7) is 0. The Morgan fingerprint density at radius 1 is 0.500 bits per heavy atom. The van der Waals surface area contributed by atoms with Crippen LogP contribution in [-0.2, 0) is 0 Å². The maximum absolute atomic E-state index is 6.21. The van der Waals surface area contributed by atoms with E-state index in [4.69, 9.17) is 9.40 Å². The molecule has 0 aliphatic rings. The highest BCUT2D eigenvalue weighted by atomic mass is 32.1. The Labute approximate surface area is 243 Å². The standard InChI is InChI=1S/C37H21N3OS/c1-2-10-22(11-3-1)39-28-15-7-4-12-23(28)25-18-19-26-24-13-5-8-16-29(24)40(36(26)35(25)39)37-38-34-32(42-37)21-20-31-33(34)27-14-6-9-17-30(27)41-31/h1-21H. The summed E-state index contributed by atoms with van der Waals surface area (Å²) < 4.78 is 12.1. The van der Waals surface area contributed by atoms with Crippen molar-refractivity contribution in [2.24, 2.45) is 0 Å². The number of aromatic nitrogens is 3. The van der Waals surface area contributed by atoms with Crippen molar-refractivity contribution in [2.75, 3.05) is 0 Å². The second kappa shape index (κ2) is 8.09.